The molecule has 0 aliphatic heterocycles. The van der Waals surface area contributed by atoms with Gasteiger partial charge in [0.2, 0.25) is 0 Å². The van der Waals surface area contributed by atoms with E-state index in [2.05, 4.69) is 9.97 Å². The molecule has 0 fully saturated rings. The number of nitrogen functional groups attached to an aromatic ring is 1. The van der Waals surface area contributed by atoms with E-state index in [1.165, 1.54) is 23.9 Å². The Morgan fingerprint density at radius 2 is 2.15 bits per heavy atom. The minimum absolute atomic E-state index is 0.0301. The van der Waals surface area contributed by atoms with Gasteiger partial charge in [-0.2, -0.15) is 0 Å². The molecule has 0 spiro atoms. The summed E-state index contributed by atoms with van der Waals surface area (Å²) < 4.78 is 0. The molecule has 1 aromatic heterocycles. The summed E-state index contributed by atoms with van der Waals surface area (Å²) >= 11 is 7.15. The molecule has 6 nitrogen and oxygen atoms in total. The molecule has 104 valence electrons. The highest BCUT2D eigenvalue weighted by atomic mass is 35.5. The van der Waals surface area contributed by atoms with E-state index in [1.807, 2.05) is 6.92 Å². The van der Waals surface area contributed by atoms with Crippen LogP contribution in [0.1, 0.15) is 11.3 Å². The van der Waals surface area contributed by atoms with Crippen molar-refractivity contribution >= 4 is 34.9 Å². The molecule has 1 heterocycles. The van der Waals surface area contributed by atoms with Crippen LogP contribution in [0.4, 0.5) is 11.5 Å². The van der Waals surface area contributed by atoms with E-state index >= 15 is 0 Å². The van der Waals surface area contributed by atoms with Crippen molar-refractivity contribution in [3.05, 3.63) is 50.7 Å². The SMILES string of the molecule is Cc1cc(N)nc(SCc2cc(Cl)ccc2[N+](=O)[O-])n1. The number of anilines is 1. The Hall–Kier alpha value is -1.86. The van der Waals surface area contributed by atoms with Crippen LogP contribution in [0.15, 0.2) is 29.4 Å². The zero-order valence-electron chi connectivity index (χ0n) is 10.5. The third-order valence-electron chi connectivity index (χ3n) is 2.45. The number of nitro benzene ring substituents is 1. The number of nitrogens with two attached hydrogens (primary N) is 1. The van der Waals surface area contributed by atoms with Gasteiger partial charge in [-0.15, -0.1) is 0 Å². The van der Waals surface area contributed by atoms with Gasteiger partial charge < -0.3 is 5.73 Å². The minimum Gasteiger partial charge on any atom is -0.384 e. The highest BCUT2D eigenvalue weighted by molar-refractivity contribution is 7.98. The summed E-state index contributed by atoms with van der Waals surface area (Å²) in [6.45, 7) is 1.81. The van der Waals surface area contributed by atoms with Crippen LogP contribution < -0.4 is 5.73 Å². The highest BCUT2D eigenvalue weighted by Gasteiger charge is 2.14. The molecule has 0 radical (unpaired) electrons. The molecule has 0 aliphatic carbocycles. The average Bonchev–Trinajstić information content (AvgIpc) is 2.35. The molecule has 0 unspecified atom stereocenters. The lowest BCUT2D eigenvalue weighted by Crippen LogP contribution is -1.98. The zero-order valence-corrected chi connectivity index (χ0v) is 12.1. The second kappa shape index (κ2) is 6.06. The molecule has 20 heavy (non-hydrogen) atoms. The second-order valence-electron chi connectivity index (χ2n) is 4.04. The molecular formula is C12H11ClN4O2S. The number of benzene rings is 1. The van der Waals surface area contributed by atoms with E-state index in [1.54, 1.807) is 12.1 Å². The first kappa shape index (κ1) is 14.5. The molecular weight excluding hydrogens is 300 g/mol. The Labute approximate surface area is 124 Å². The number of thioether (sulfide) groups is 1. The first-order valence-electron chi connectivity index (χ1n) is 5.62. The molecule has 1 aromatic carbocycles. The molecule has 2 N–H and O–H groups in total. The van der Waals surface area contributed by atoms with Gasteiger partial charge in [0.05, 0.1) is 4.92 Å². The van der Waals surface area contributed by atoms with Crippen LogP contribution in [0.5, 0.6) is 0 Å². The summed E-state index contributed by atoms with van der Waals surface area (Å²) in [5, 5.41) is 11.9. The molecule has 0 atom stereocenters. The van der Waals surface area contributed by atoms with Crippen LogP contribution in [0, 0.1) is 17.0 Å². The third-order valence-corrected chi connectivity index (χ3v) is 3.58. The largest absolute Gasteiger partial charge is 0.384 e. The Balaban J connectivity index is 2.22. The van der Waals surface area contributed by atoms with Crippen molar-refractivity contribution in [1.29, 1.82) is 0 Å². The van der Waals surface area contributed by atoms with Gasteiger partial charge in [-0.1, -0.05) is 23.4 Å². The minimum atomic E-state index is -0.433. The van der Waals surface area contributed by atoms with Gasteiger partial charge in [0.15, 0.2) is 5.16 Å². The van der Waals surface area contributed by atoms with Gasteiger partial charge >= 0.3 is 0 Å². The predicted octanol–water partition coefficient (Wildman–Crippen LogP) is 3.22. The maximum Gasteiger partial charge on any atom is 0.273 e. The number of rotatable bonds is 4. The van der Waals surface area contributed by atoms with Crippen molar-refractivity contribution in [3.63, 3.8) is 0 Å². The van der Waals surface area contributed by atoms with Gasteiger partial charge in [-0.25, -0.2) is 9.97 Å². The average molecular weight is 311 g/mol. The van der Waals surface area contributed by atoms with Crippen molar-refractivity contribution < 1.29 is 4.92 Å². The molecule has 0 saturated carbocycles. The third kappa shape index (κ3) is 3.58. The first-order chi connectivity index (χ1) is 9.45. The van der Waals surface area contributed by atoms with E-state index in [0.29, 0.717) is 27.3 Å². The van der Waals surface area contributed by atoms with Crippen molar-refractivity contribution in [2.24, 2.45) is 0 Å². The summed E-state index contributed by atoms with van der Waals surface area (Å²) in [5.41, 5.74) is 6.94. The summed E-state index contributed by atoms with van der Waals surface area (Å²) in [4.78, 5) is 18.8. The zero-order chi connectivity index (χ0) is 14.7. The standard InChI is InChI=1S/C12H11ClN4O2S/c1-7-4-11(14)16-12(15-7)20-6-8-5-9(13)2-3-10(8)17(18)19/h2-5H,6H2,1H3,(H2,14,15,16). The number of aromatic nitrogens is 2. The Morgan fingerprint density at radius 1 is 1.40 bits per heavy atom. The first-order valence-corrected chi connectivity index (χ1v) is 6.99. The van der Waals surface area contributed by atoms with Crippen molar-refractivity contribution in [3.8, 4) is 0 Å². The number of hydrogen-bond donors (Lipinski definition) is 1. The van der Waals surface area contributed by atoms with Crippen LogP contribution in [-0.4, -0.2) is 14.9 Å². The van der Waals surface area contributed by atoms with Crippen LogP contribution in [0.3, 0.4) is 0 Å². The van der Waals surface area contributed by atoms with E-state index in [-0.39, 0.29) is 5.69 Å². The molecule has 2 aromatic rings. The lowest BCUT2D eigenvalue weighted by atomic mass is 10.2. The molecule has 2 rings (SSSR count). The summed E-state index contributed by atoms with van der Waals surface area (Å²) in [6, 6.07) is 6.12. The number of halogens is 1. The van der Waals surface area contributed by atoms with E-state index in [4.69, 9.17) is 17.3 Å². The lowest BCUT2D eigenvalue weighted by molar-refractivity contribution is -0.385. The summed E-state index contributed by atoms with van der Waals surface area (Å²) in [5.74, 6) is 0.723. The van der Waals surface area contributed by atoms with Crippen molar-refractivity contribution in [2.75, 3.05) is 5.73 Å². The fraction of sp³-hybridized carbons (Fsp3) is 0.167. The number of hydrogen-bond acceptors (Lipinski definition) is 6. The van der Waals surface area contributed by atoms with Crippen LogP contribution >= 0.6 is 23.4 Å². The van der Waals surface area contributed by atoms with Crippen molar-refractivity contribution in [1.82, 2.24) is 9.97 Å². The number of aryl methyl sites for hydroxylation is 1. The fourth-order valence-electron chi connectivity index (χ4n) is 1.62. The monoisotopic (exact) mass is 310 g/mol. The Morgan fingerprint density at radius 3 is 2.80 bits per heavy atom. The van der Waals surface area contributed by atoms with Gasteiger partial charge in [0, 0.05) is 34.2 Å². The summed E-state index contributed by atoms with van der Waals surface area (Å²) in [7, 11) is 0. The lowest BCUT2D eigenvalue weighted by Gasteiger charge is -2.04. The molecule has 0 bridgehead atoms. The Kier molecular flexibility index (Phi) is 4.41. The molecule has 8 heteroatoms. The van der Waals surface area contributed by atoms with Gasteiger partial charge in [-0.3, -0.25) is 10.1 Å². The van der Waals surface area contributed by atoms with E-state index in [9.17, 15) is 10.1 Å². The number of nitro groups is 1. The molecule has 0 amide bonds. The second-order valence-corrected chi connectivity index (χ2v) is 5.41. The number of nitrogens with zero attached hydrogens (tertiary/aromatic N) is 3. The predicted molar refractivity (Wildman–Crippen MR) is 78.8 cm³/mol. The van der Waals surface area contributed by atoms with Gasteiger partial charge in [-0.05, 0) is 19.1 Å². The smallest absolute Gasteiger partial charge is 0.273 e. The van der Waals surface area contributed by atoms with Crippen LogP contribution in [-0.2, 0) is 5.75 Å². The fourth-order valence-corrected chi connectivity index (χ4v) is 2.71. The quantitative estimate of drug-likeness (QED) is 0.403. The maximum atomic E-state index is 11.0. The highest BCUT2D eigenvalue weighted by Crippen LogP contribution is 2.29. The van der Waals surface area contributed by atoms with Crippen molar-refractivity contribution in [2.45, 2.75) is 17.8 Å². The Bertz CT molecular complexity index is 646. The van der Waals surface area contributed by atoms with Gasteiger partial charge in [0.25, 0.3) is 5.69 Å². The maximum absolute atomic E-state index is 11.0. The summed E-state index contributed by atoms with van der Waals surface area (Å²) in [6.07, 6.45) is 0. The van der Waals surface area contributed by atoms with E-state index in [0.717, 1.165) is 5.69 Å². The molecule has 0 saturated heterocycles. The normalized spacial score (nSPS) is 10.5. The van der Waals surface area contributed by atoms with E-state index < -0.39 is 4.92 Å². The molecule has 0 aliphatic rings. The topological polar surface area (TPSA) is 94.9 Å². The van der Waals surface area contributed by atoms with Gasteiger partial charge in [0.1, 0.15) is 5.82 Å². The van der Waals surface area contributed by atoms with Crippen LogP contribution in [0.25, 0.3) is 0 Å². The van der Waals surface area contributed by atoms with Crippen LogP contribution in [0.2, 0.25) is 5.02 Å².